The fraction of sp³-hybridized carbons (Fsp3) is 0.467. The quantitative estimate of drug-likeness (QED) is 0.298. The van der Waals surface area contributed by atoms with Crippen LogP contribution < -0.4 is 5.73 Å². The second kappa shape index (κ2) is 13.1. The minimum Gasteiger partial charge on any atom is -0.328 e. The molecule has 0 amide bonds. The smallest absolute Gasteiger partial charge is 0.324 e. The molecule has 14 heteroatoms. The van der Waals surface area contributed by atoms with E-state index < -0.39 is 9.85 Å². The van der Waals surface area contributed by atoms with Crippen molar-refractivity contribution in [1.82, 2.24) is 19.9 Å². The summed E-state index contributed by atoms with van der Waals surface area (Å²) in [5, 5.41) is 20.4. The molecule has 2 aromatic heterocycles. The van der Waals surface area contributed by atoms with Gasteiger partial charge in [-0.25, -0.2) is 15.0 Å². The van der Waals surface area contributed by atoms with E-state index in [0.717, 1.165) is 12.4 Å². The van der Waals surface area contributed by atoms with Crippen LogP contribution in [0.2, 0.25) is 15.7 Å². The number of nitro groups is 2. The summed E-state index contributed by atoms with van der Waals surface area (Å²) in [6, 6.07) is 0.333. The zero-order valence-electron chi connectivity index (χ0n) is 16.0. The number of nitrogens with two attached hydrogens (primary N) is 1. The average Bonchev–Trinajstić information content (AvgIpc) is 2.53. The lowest BCUT2D eigenvalue weighted by atomic mass is 10.1. The van der Waals surface area contributed by atoms with E-state index in [9.17, 15) is 20.2 Å². The van der Waals surface area contributed by atoms with E-state index >= 15 is 0 Å². The van der Waals surface area contributed by atoms with E-state index in [0.29, 0.717) is 24.1 Å². The first-order valence-corrected chi connectivity index (χ1v) is 9.22. The van der Waals surface area contributed by atoms with Gasteiger partial charge in [0.2, 0.25) is 15.7 Å². The van der Waals surface area contributed by atoms with Crippen LogP contribution in [0.5, 0.6) is 0 Å². The third kappa shape index (κ3) is 11.4. The molecule has 2 heterocycles. The lowest BCUT2D eigenvalue weighted by Gasteiger charge is -2.04. The first-order valence-electron chi connectivity index (χ1n) is 8.08. The Bertz CT molecular complexity index is 835. The Labute approximate surface area is 181 Å². The molecule has 0 spiro atoms. The van der Waals surface area contributed by atoms with Gasteiger partial charge in [-0.05, 0) is 41.6 Å². The molecular formula is C15H20Cl3N7O4. The molecule has 2 N–H and O–H groups in total. The van der Waals surface area contributed by atoms with Gasteiger partial charge in [0, 0.05) is 0 Å². The Morgan fingerprint density at radius 1 is 0.931 bits per heavy atom. The summed E-state index contributed by atoms with van der Waals surface area (Å²) in [6.07, 6.45) is 2.63. The molecule has 11 nitrogen and oxygen atoms in total. The normalized spacial score (nSPS) is 10.0. The standard InChI is InChI=1S/C8H10ClN3O2.C4HCl2N3O2.C3H9N/c1-5(2)3-6-7(12(13)14)4-10-8(9)11-6;5-3-2(9(10)11)1-7-4(6)8-3;1-3(2)4/h4-5H,3H2,1-2H3;1H;3H,4H2,1-2H3. The number of hydrogen-bond acceptors (Lipinski definition) is 9. The van der Waals surface area contributed by atoms with Gasteiger partial charge in [0.05, 0.1) is 9.85 Å². The predicted octanol–water partition coefficient (Wildman–Crippen LogP) is 4.28. The van der Waals surface area contributed by atoms with E-state index in [-0.39, 0.29) is 27.1 Å². The molecule has 0 fully saturated rings. The minimum absolute atomic E-state index is 0.0475. The van der Waals surface area contributed by atoms with Crippen LogP contribution in [0.25, 0.3) is 0 Å². The van der Waals surface area contributed by atoms with Crippen molar-refractivity contribution in [1.29, 1.82) is 0 Å². The first-order chi connectivity index (χ1) is 13.3. The van der Waals surface area contributed by atoms with Gasteiger partial charge in [-0.1, -0.05) is 39.3 Å². The van der Waals surface area contributed by atoms with Crippen LogP contribution in [0.4, 0.5) is 11.4 Å². The van der Waals surface area contributed by atoms with Crippen molar-refractivity contribution in [3.05, 3.63) is 54.0 Å². The number of hydrogen-bond donors (Lipinski definition) is 1. The zero-order chi connectivity index (χ0) is 22.7. The second-order valence-electron chi connectivity index (χ2n) is 6.14. The van der Waals surface area contributed by atoms with Crippen LogP contribution in [-0.2, 0) is 6.42 Å². The minimum atomic E-state index is -0.682. The molecule has 160 valence electrons. The summed E-state index contributed by atoms with van der Waals surface area (Å²) in [5.41, 5.74) is 5.09. The van der Waals surface area contributed by atoms with Crippen LogP contribution in [0, 0.1) is 26.1 Å². The maximum atomic E-state index is 10.6. The third-order valence-electron chi connectivity index (χ3n) is 2.51. The Balaban J connectivity index is 0.000000466. The van der Waals surface area contributed by atoms with Crippen LogP contribution >= 0.6 is 34.8 Å². The van der Waals surface area contributed by atoms with Gasteiger partial charge in [0.25, 0.3) is 0 Å². The van der Waals surface area contributed by atoms with Crippen molar-refractivity contribution in [2.75, 3.05) is 0 Å². The van der Waals surface area contributed by atoms with E-state index in [2.05, 4.69) is 19.9 Å². The van der Waals surface area contributed by atoms with E-state index in [1.807, 2.05) is 27.7 Å². The molecule has 2 rings (SSSR count). The van der Waals surface area contributed by atoms with Gasteiger partial charge >= 0.3 is 11.4 Å². The number of aromatic nitrogens is 4. The molecule has 0 atom stereocenters. The molecule has 0 aliphatic heterocycles. The number of rotatable bonds is 4. The molecule has 29 heavy (non-hydrogen) atoms. The van der Waals surface area contributed by atoms with Crippen molar-refractivity contribution in [2.24, 2.45) is 11.7 Å². The van der Waals surface area contributed by atoms with Crippen LogP contribution in [0.15, 0.2) is 12.4 Å². The Morgan fingerprint density at radius 2 is 1.34 bits per heavy atom. The van der Waals surface area contributed by atoms with Gasteiger partial charge in [-0.3, -0.25) is 20.2 Å². The van der Waals surface area contributed by atoms with Gasteiger partial charge in [-0.2, -0.15) is 4.98 Å². The Kier molecular flexibility index (Phi) is 12.1. The summed E-state index contributed by atoms with van der Waals surface area (Å²) < 4.78 is 0. The zero-order valence-corrected chi connectivity index (χ0v) is 18.3. The van der Waals surface area contributed by atoms with Gasteiger partial charge < -0.3 is 5.73 Å². The van der Waals surface area contributed by atoms with Crippen LogP contribution in [-0.4, -0.2) is 35.8 Å². The maximum Gasteiger partial charge on any atom is 0.324 e. The molecule has 0 aliphatic carbocycles. The summed E-state index contributed by atoms with van der Waals surface area (Å²) >= 11 is 16.2. The van der Waals surface area contributed by atoms with Gasteiger partial charge in [-0.15, -0.1) is 0 Å². The number of halogens is 3. The molecule has 0 saturated heterocycles. The molecule has 0 saturated carbocycles. The summed E-state index contributed by atoms with van der Waals surface area (Å²) in [4.78, 5) is 33.7. The lowest BCUT2D eigenvalue weighted by molar-refractivity contribution is -0.386. The SMILES string of the molecule is CC(C)Cc1nc(Cl)ncc1[N+](=O)[O-].CC(C)N.O=[N+]([O-])c1cnc(Cl)nc1Cl. The monoisotopic (exact) mass is 467 g/mol. The van der Waals surface area contributed by atoms with E-state index in [1.165, 1.54) is 0 Å². The summed E-state index contributed by atoms with van der Waals surface area (Å²) in [6.45, 7) is 7.81. The van der Waals surface area contributed by atoms with Crippen molar-refractivity contribution in [3.63, 3.8) is 0 Å². The number of nitrogens with zero attached hydrogens (tertiary/aromatic N) is 6. The van der Waals surface area contributed by atoms with E-state index in [1.54, 1.807) is 0 Å². The van der Waals surface area contributed by atoms with E-state index in [4.69, 9.17) is 40.5 Å². The van der Waals surface area contributed by atoms with Gasteiger partial charge in [0.1, 0.15) is 18.1 Å². The fourth-order valence-corrected chi connectivity index (χ4v) is 2.06. The summed E-state index contributed by atoms with van der Waals surface area (Å²) in [5.74, 6) is 0.291. The summed E-state index contributed by atoms with van der Waals surface area (Å²) in [7, 11) is 0. The largest absolute Gasteiger partial charge is 0.328 e. The average molecular weight is 469 g/mol. The Morgan fingerprint density at radius 3 is 1.72 bits per heavy atom. The molecule has 0 aromatic carbocycles. The lowest BCUT2D eigenvalue weighted by Crippen LogP contribution is -2.06. The van der Waals surface area contributed by atoms with Crippen molar-refractivity contribution >= 4 is 46.2 Å². The molecule has 2 aromatic rings. The topological polar surface area (TPSA) is 164 Å². The van der Waals surface area contributed by atoms with Crippen LogP contribution in [0.1, 0.15) is 33.4 Å². The molecular weight excluding hydrogens is 449 g/mol. The van der Waals surface area contributed by atoms with Crippen LogP contribution in [0.3, 0.4) is 0 Å². The van der Waals surface area contributed by atoms with Gasteiger partial charge in [0.15, 0.2) is 0 Å². The van der Waals surface area contributed by atoms with Crippen molar-refractivity contribution < 1.29 is 9.85 Å². The predicted molar refractivity (Wildman–Crippen MR) is 110 cm³/mol. The highest BCUT2D eigenvalue weighted by Crippen LogP contribution is 2.21. The maximum absolute atomic E-state index is 10.6. The molecule has 0 bridgehead atoms. The highest BCUT2D eigenvalue weighted by atomic mass is 35.5. The highest BCUT2D eigenvalue weighted by molar-refractivity contribution is 6.33. The fourth-order valence-electron chi connectivity index (χ4n) is 1.53. The second-order valence-corrected chi connectivity index (χ2v) is 7.18. The highest BCUT2D eigenvalue weighted by Gasteiger charge is 2.17. The molecule has 0 aliphatic rings. The Hall–Kier alpha value is -2.21. The van der Waals surface area contributed by atoms with Crippen molar-refractivity contribution in [2.45, 2.75) is 40.2 Å². The first kappa shape index (κ1) is 26.8. The molecule has 0 radical (unpaired) electrons. The van der Waals surface area contributed by atoms with Crippen molar-refractivity contribution in [3.8, 4) is 0 Å². The third-order valence-corrected chi connectivity index (χ3v) is 3.15. The molecule has 0 unspecified atom stereocenters.